The van der Waals surface area contributed by atoms with Crippen molar-refractivity contribution >= 4 is 11.8 Å². The third-order valence-corrected chi connectivity index (χ3v) is 4.86. The van der Waals surface area contributed by atoms with E-state index in [1.54, 1.807) is 0 Å². The molecule has 0 aromatic carbocycles. The zero-order chi connectivity index (χ0) is 15.4. The zero-order valence-corrected chi connectivity index (χ0v) is 13.6. The topological polar surface area (TPSA) is 89.9 Å². The van der Waals surface area contributed by atoms with Crippen LogP contribution in [0.3, 0.4) is 0 Å². The van der Waals surface area contributed by atoms with Crippen molar-refractivity contribution in [1.82, 2.24) is 24.9 Å². The summed E-state index contributed by atoms with van der Waals surface area (Å²) < 4.78 is 7.29. The third kappa shape index (κ3) is 3.33. The van der Waals surface area contributed by atoms with Crippen LogP contribution >= 0.6 is 11.8 Å². The highest BCUT2D eigenvalue weighted by molar-refractivity contribution is 7.98. The molecule has 8 heteroatoms. The summed E-state index contributed by atoms with van der Waals surface area (Å²) >= 11 is 1.51. The molecule has 1 aliphatic carbocycles. The molecule has 1 aliphatic rings. The Morgan fingerprint density at radius 1 is 1.32 bits per heavy atom. The first-order valence-corrected chi connectivity index (χ1v) is 8.78. The van der Waals surface area contributed by atoms with Gasteiger partial charge >= 0.3 is 0 Å². The Balaban J connectivity index is 1.63. The summed E-state index contributed by atoms with van der Waals surface area (Å²) in [5.74, 6) is 3.11. The second kappa shape index (κ2) is 7.23. The van der Waals surface area contributed by atoms with E-state index in [2.05, 4.69) is 27.3 Å². The number of hydrogen-bond acceptors (Lipinski definition) is 7. The molecule has 1 fully saturated rings. The maximum absolute atomic E-state index is 9.29. The Bertz CT molecular complexity index is 606. The van der Waals surface area contributed by atoms with Crippen LogP contribution in [-0.2, 0) is 18.9 Å². The summed E-state index contributed by atoms with van der Waals surface area (Å²) in [4.78, 5) is 4.50. The lowest BCUT2D eigenvalue weighted by atomic mass is 10.1. The molecule has 2 aromatic rings. The number of aromatic nitrogens is 5. The first-order chi connectivity index (χ1) is 10.8. The highest BCUT2D eigenvalue weighted by Gasteiger charge is 2.22. The van der Waals surface area contributed by atoms with E-state index in [0.717, 1.165) is 36.8 Å². The quantitative estimate of drug-likeness (QED) is 0.783. The van der Waals surface area contributed by atoms with Crippen LogP contribution in [0, 0.1) is 0 Å². The lowest BCUT2D eigenvalue weighted by Crippen LogP contribution is -2.04. The number of thioether (sulfide) groups is 1. The van der Waals surface area contributed by atoms with Gasteiger partial charge in [0.05, 0.1) is 5.75 Å². The largest absolute Gasteiger partial charge is 0.388 e. The van der Waals surface area contributed by atoms with E-state index in [4.69, 9.17) is 4.52 Å². The fraction of sp³-hybridized carbons (Fsp3) is 0.714. The van der Waals surface area contributed by atoms with Crippen LogP contribution < -0.4 is 0 Å². The van der Waals surface area contributed by atoms with E-state index in [9.17, 15) is 5.11 Å². The summed E-state index contributed by atoms with van der Waals surface area (Å²) in [5.41, 5.74) is 0. The summed E-state index contributed by atoms with van der Waals surface area (Å²) in [5, 5.41) is 22.3. The van der Waals surface area contributed by atoms with Gasteiger partial charge in [-0.15, -0.1) is 10.2 Å². The Labute approximate surface area is 133 Å². The molecule has 1 saturated carbocycles. The summed E-state index contributed by atoms with van der Waals surface area (Å²) in [6.45, 7) is 2.78. The number of aliphatic hydroxyl groups excluding tert-OH is 1. The molecule has 0 saturated heterocycles. The molecule has 120 valence electrons. The van der Waals surface area contributed by atoms with Crippen LogP contribution in [0.1, 0.15) is 62.5 Å². The standard InChI is InChI=1S/C14H21N5O2S/c1-2-7-19-11(8-20)16-17-14(19)22-9-12-15-13(18-21-12)10-5-3-4-6-10/h10,20H,2-9H2,1H3. The second-order valence-corrected chi connectivity index (χ2v) is 6.47. The first-order valence-electron chi connectivity index (χ1n) is 7.80. The predicted octanol–water partition coefficient (Wildman–Crippen LogP) is 2.51. The molecule has 3 rings (SSSR count). The van der Waals surface area contributed by atoms with Crippen LogP contribution in [0.2, 0.25) is 0 Å². The summed E-state index contributed by atoms with van der Waals surface area (Å²) in [6, 6.07) is 0. The molecule has 0 bridgehead atoms. The van der Waals surface area contributed by atoms with Gasteiger partial charge in [0.1, 0.15) is 6.61 Å². The van der Waals surface area contributed by atoms with Crippen LogP contribution in [0.5, 0.6) is 0 Å². The van der Waals surface area contributed by atoms with E-state index in [0.29, 0.717) is 23.4 Å². The van der Waals surface area contributed by atoms with Gasteiger partial charge in [0, 0.05) is 12.5 Å². The molecular formula is C14H21N5O2S. The SMILES string of the molecule is CCCn1c(CO)nnc1SCc1nc(C2CCCC2)no1. The maximum Gasteiger partial charge on any atom is 0.237 e. The normalized spacial score (nSPS) is 15.7. The van der Waals surface area contributed by atoms with Crippen LogP contribution in [0.4, 0.5) is 0 Å². The molecule has 0 atom stereocenters. The minimum absolute atomic E-state index is 0.0973. The van der Waals surface area contributed by atoms with Crippen molar-refractivity contribution in [2.24, 2.45) is 0 Å². The van der Waals surface area contributed by atoms with Gasteiger partial charge in [-0.25, -0.2) is 0 Å². The highest BCUT2D eigenvalue weighted by Crippen LogP contribution is 2.32. The molecule has 0 unspecified atom stereocenters. The van der Waals surface area contributed by atoms with Gasteiger partial charge in [0.25, 0.3) is 0 Å². The number of hydrogen-bond donors (Lipinski definition) is 1. The van der Waals surface area contributed by atoms with E-state index in [-0.39, 0.29) is 6.61 Å². The van der Waals surface area contributed by atoms with Crippen molar-refractivity contribution in [2.75, 3.05) is 0 Å². The van der Waals surface area contributed by atoms with E-state index in [1.807, 2.05) is 4.57 Å². The smallest absolute Gasteiger partial charge is 0.237 e. The monoisotopic (exact) mass is 323 g/mol. The Kier molecular flexibility index (Phi) is 5.09. The molecule has 0 spiro atoms. The van der Waals surface area contributed by atoms with Crippen LogP contribution in [0.25, 0.3) is 0 Å². The van der Waals surface area contributed by atoms with Gasteiger partial charge in [-0.05, 0) is 19.3 Å². The molecule has 2 heterocycles. The molecule has 0 aliphatic heterocycles. The van der Waals surface area contributed by atoms with E-state index >= 15 is 0 Å². The second-order valence-electron chi connectivity index (χ2n) is 5.52. The van der Waals surface area contributed by atoms with Gasteiger partial charge < -0.3 is 14.2 Å². The van der Waals surface area contributed by atoms with Crippen molar-refractivity contribution in [2.45, 2.75) is 69.0 Å². The molecule has 7 nitrogen and oxygen atoms in total. The summed E-state index contributed by atoms with van der Waals surface area (Å²) in [6.07, 6.45) is 5.80. The van der Waals surface area contributed by atoms with Gasteiger partial charge in [-0.3, -0.25) is 0 Å². The van der Waals surface area contributed by atoms with Gasteiger partial charge in [0.2, 0.25) is 5.89 Å². The van der Waals surface area contributed by atoms with Crippen molar-refractivity contribution < 1.29 is 9.63 Å². The van der Waals surface area contributed by atoms with Gasteiger partial charge in [-0.1, -0.05) is 36.7 Å². The summed E-state index contributed by atoms with van der Waals surface area (Å²) in [7, 11) is 0. The predicted molar refractivity (Wildman–Crippen MR) is 81.3 cm³/mol. The van der Waals surface area contributed by atoms with E-state index < -0.39 is 0 Å². The fourth-order valence-electron chi connectivity index (χ4n) is 2.79. The lowest BCUT2D eigenvalue weighted by Gasteiger charge is -2.05. The Hall–Kier alpha value is -1.41. The average molecular weight is 323 g/mol. The van der Waals surface area contributed by atoms with E-state index in [1.165, 1.54) is 24.6 Å². The minimum Gasteiger partial charge on any atom is -0.388 e. The van der Waals surface area contributed by atoms with Gasteiger partial charge in [-0.2, -0.15) is 4.98 Å². The van der Waals surface area contributed by atoms with Crippen molar-refractivity contribution in [3.05, 3.63) is 17.5 Å². The third-order valence-electron chi connectivity index (χ3n) is 3.91. The van der Waals surface area contributed by atoms with Gasteiger partial charge in [0.15, 0.2) is 16.8 Å². The van der Waals surface area contributed by atoms with Crippen LogP contribution in [-0.4, -0.2) is 30.0 Å². The number of nitrogens with zero attached hydrogens (tertiary/aromatic N) is 5. The highest BCUT2D eigenvalue weighted by atomic mass is 32.2. The Morgan fingerprint density at radius 3 is 2.86 bits per heavy atom. The molecular weight excluding hydrogens is 302 g/mol. The molecule has 1 N–H and O–H groups in total. The zero-order valence-electron chi connectivity index (χ0n) is 12.7. The average Bonchev–Trinajstić information content (AvgIpc) is 3.26. The Morgan fingerprint density at radius 2 is 2.14 bits per heavy atom. The maximum atomic E-state index is 9.29. The minimum atomic E-state index is -0.0973. The number of rotatable bonds is 7. The molecule has 0 amide bonds. The molecule has 0 radical (unpaired) electrons. The van der Waals surface area contributed by atoms with Crippen molar-refractivity contribution in [1.29, 1.82) is 0 Å². The first kappa shape index (κ1) is 15.5. The van der Waals surface area contributed by atoms with Crippen molar-refractivity contribution in [3.63, 3.8) is 0 Å². The number of aliphatic hydroxyl groups is 1. The van der Waals surface area contributed by atoms with Crippen molar-refractivity contribution in [3.8, 4) is 0 Å². The molecule has 2 aromatic heterocycles. The van der Waals surface area contributed by atoms with Crippen LogP contribution in [0.15, 0.2) is 9.68 Å². The fourth-order valence-corrected chi connectivity index (χ4v) is 3.61. The lowest BCUT2D eigenvalue weighted by molar-refractivity contribution is 0.263. The molecule has 22 heavy (non-hydrogen) atoms.